The second-order valence-electron chi connectivity index (χ2n) is 5.58. The number of anilines is 2. The topological polar surface area (TPSA) is 37.0 Å². The van der Waals surface area contributed by atoms with Gasteiger partial charge in [-0.2, -0.15) is 0 Å². The van der Waals surface area contributed by atoms with Crippen LogP contribution < -0.4 is 10.6 Å². The molecule has 2 aromatic carbocycles. The predicted molar refractivity (Wildman–Crippen MR) is 94.2 cm³/mol. The molecule has 0 fully saturated rings. The lowest BCUT2D eigenvalue weighted by atomic mass is 10.1. The van der Waals surface area contributed by atoms with Crippen LogP contribution in [-0.4, -0.2) is 11.5 Å². The number of nitrogens with one attached hydrogen (secondary N) is 2. The number of pyridine rings is 1. The minimum Gasteiger partial charge on any atom is -0.383 e. The van der Waals surface area contributed by atoms with E-state index in [2.05, 4.69) is 15.6 Å². The monoisotopic (exact) mass is 327 g/mol. The van der Waals surface area contributed by atoms with Crippen LogP contribution in [0.15, 0.2) is 48.7 Å². The maximum atomic E-state index is 14.5. The summed E-state index contributed by atoms with van der Waals surface area (Å²) in [4.78, 5) is 4.33. The molecule has 0 amide bonds. The number of para-hydroxylation sites is 1. The summed E-state index contributed by atoms with van der Waals surface area (Å²) in [5, 5.41) is 6.99. The van der Waals surface area contributed by atoms with Crippen molar-refractivity contribution in [3.05, 3.63) is 65.9 Å². The van der Waals surface area contributed by atoms with Crippen LogP contribution in [0.2, 0.25) is 0 Å². The van der Waals surface area contributed by atoms with Crippen LogP contribution in [0.4, 0.5) is 20.2 Å². The molecule has 1 aromatic heterocycles. The highest BCUT2D eigenvalue weighted by Gasteiger charge is 2.13. The van der Waals surface area contributed by atoms with E-state index in [1.54, 1.807) is 6.20 Å². The normalized spacial score (nSPS) is 10.8. The van der Waals surface area contributed by atoms with Crippen molar-refractivity contribution in [2.45, 2.75) is 19.9 Å². The van der Waals surface area contributed by atoms with Crippen molar-refractivity contribution >= 4 is 22.3 Å². The summed E-state index contributed by atoms with van der Waals surface area (Å²) < 4.78 is 28.4. The van der Waals surface area contributed by atoms with Crippen molar-refractivity contribution in [2.24, 2.45) is 0 Å². The first kappa shape index (κ1) is 16.2. The molecule has 3 nitrogen and oxygen atoms in total. The Labute approximate surface area is 139 Å². The van der Waals surface area contributed by atoms with Gasteiger partial charge in [0.2, 0.25) is 0 Å². The van der Waals surface area contributed by atoms with E-state index < -0.39 is 11.6 Å². The van der Waals surface area contributed by atoms with Gasteiger partial charge in [0.15, 0.2) is 5.82 Å². The highest BCUT2D eigenvalue weighted by atomic mass is 19.1. The van der Waals surface area contributed by atoms with Crippen molar-refractivity contribution in [1.29, 1.82) is 0 Å². The third-order valence-corrected chi connectivity index (χ3v) is 3.81. The number of benzene rings is 2. The number of hydrogen-bond acceptors (Lipinski definition) is 3. The lowest BCUT2D eigenvalue weighted by molar-refractivity contribution is 0.562. The minimum atomic E-state index is -0.559. The van der Waals surface area contributed by atoms with Crippen molar-refractivity contribution in [3.8, 4) is 0 Å². The molecule has 0 spiro atoms. The maximum Gasteiger partial charge on any atom is 0.154 e. The molecule has 0 aliphatic carbocycles. The third-order valence-electron chi connectivity index (χ3n) is 3.81. The SMILES string of the molecule is CCCNc1ccc(F)c(CNc2cnc3ccccc3c2)c1F. The van der Waals surface area contributed by atoms with Gasteiger partial charge >= 0.3 is 0 Å². The maximum absolute atomic E-state index is 14.5. The molecule has 2 N–H and O–H groups in total. The van der Waals surface area contributed by atoms with Gasteiger partial charge in [-0.3, -0.25) is 4.98 Å². The molecule has 0 unspecified atom stereocenters. The quantitative estimate of drug-likeness (QED) is 0.673. The smallest absolute Gasteiger partial charge is 0.154 e. The fraction of sp³-hybridized carbons (Fsp3) is 0.211. The molecular formula is C19H19F2N3. The van der Waals surface area contributed by atoms with E-state index >= 15 is 0 Å². The molecular weight excluding hydrogens is 308 g/mol. The van der Waals surface area contributed by atoms with Crippen LogP contribution in [-0.2, 0) is 6.54 Å². The number of hydrogen-bond donors (Lipinski definition) is 2. The van der Waals surface area contributed by atoms with Gasteiger partial charge in [-0.15, -0.1) is 0 Å². The van der Waals surface area contributed by atoms with Crippen molar-refractivity contribution < 1.29 is 8.78 Å². The zero-order chi connectivity index (χ0) is 16.9. The van der Waals surface area contributed by atoms with Crippen LogP contribution in [0.3, 0.4) is 0 Å². The summed E-state index contributed by atoms with van der Waals surface area (Å²) in [6.45, 7) is 2.69. The van der Waals surface area contributed by atoms with E-state index in [9.17, 15) is 8.78 Å². The Bertz CT molecular complexity index is 849. The first-order valence-electron chi connectivity index (χ1n) is 7.98. The fourth-order valence-corrected chi connectivity index (χ4v) is 2.51. The Morgan fingerprint density at radius 3 is 2.71 bits per heavy atom. The molecule has 0 radical (unpaired) electrons. The number of halogens is 2. The van der Waals surface area contributed by atoms with E-state index in [1.807, 2.05) is 37.3 Å². The first-order valence-corrected chi connectivity index (χ1v) is 7.98. The molecule has 0 bridgehead atoms. The van der Waals surface area contributed by atoms with Gasteiger partial charge in [-0.25, -0.2) is 8.78 Å². The zero-order valence-electron chi connectivity index (χ0n) is 13.4. The first-order chi connectivity index (χ1) is 11.7. The lowest BCUT2D eigenvalue weighted by Crippen LogP contribution is -2.09. The standard InChI is InChI=1S/C19H19F2N3/c1-2-9-22-18-8-7-16(20)15(19(18)21)12-23-14-10-13-5-3-4-6-17(13)24-11-14/h3-8,10-11,22-23H,2,9,12H2,1H3. The number of fused-ring (bicyclic) bond motifs is 1. The predicted octanol–water partition coefficient (Wildman–Crippen LogP) is 4.95. The second-order valence-corrected chi connectivity index (χ2v) is 5.58. The van der Waals surface area contributed by atoms with Crippen LogP contribution in [0.25, 0.3) is 10.9 Å². The average Bonchev–Trinajstić information content (AvgIpc) is 2.61. The van der Waals surface area contributed by atoms with Gasteiger partial charge in [0.25, 0.3) is 0 Å². The number of aromatic nitrogens is 1. The highest BCUT2D eigenvalue weighted by Crippen LogP contribution is 2.23. The Balaban J connectivity index is 1.79. The van der Waals surface area contributed by atoms with Gasteiger partial charge in [0, 0.05) is 24.0 Å². The largest absolute Gasteiger partial charge is 0.383 e. The van der Waals surface area contributed by atoms with Crippen LogP contribution in [0.5, 0.6) is 0 Å². The molecule has 0 atom stereocenters. The Morgan fingerprint density at radius 2 is 1.88 bits per heavy atom. The lowest BCUT2D eigenvalue weighted by Gasteiger charge is -2.13. The Kier molecular flexibility index (Phi) is 4.89. The van der Waals surface area contributed by atoms with E-state index in [0.717, 1.165) is 23.0 Å². The second kappa shape index (κ2) is 7.25. The molecule has 3 aromatic rings. The van der Waals surface area contributed by atoms with Gasteiger partial charge in [-0.05, 0) is 30.7 Å². The summed E-state index contributed by atoms with van der Waals surface area (Å²) in [5.41, 5.74) is 1.95. The molecule has 0 aliphatic heterocycles. The Morgan fingerprint density at radius 1 is 1.04 bits per heavy atom. The van der Waals surface area contributed by atoms with E-state index in [4.69, 9.17) is 0 Å². The Hall–Kier alpha value is -2.69. The molecule has 0 saturated heterocycles. The van der Waals surface area contributed by atoms with Gasteiger partial charge in [-0.1, -0.05) is 25.1 Å². The average molecular weight is 327 g/mol. The highest BCUT2D eigenvalue weighted by molar-refractivity contribution is 5.81. The summed E-state index contributed by atoms with van der Waals surface area (Å²) in [6, 6.07) is 12.3. The van der Waals surface area contributed by atoms with Gasteiger partial charge in [0.1, 0.15) is 5.82 Å². The fourth-order valence-electron chi connectivity index (χ4n) is 2.51. The molecule has 5 heteroatoms. The molecule has 124 valence electrons. The van der Waals surface area contributed by atoms with Crippen molar-refractivity contribution in [1.82, 2.24) is 4.98 Å². The van der Waals surface area contributed by atoms with Crippen LogP contribution in [0.1, 0.15) is 18.9 Å². The molecule has 1 heterocycles. The molecule has 3 rings (SSSR count). The number of rotatable bonds is 6. The van der Waals surface area contributed by atoms with E-state index in [-0.39, 0.29) is 12.1 Å². The van der Waals surface area contributed by atoms with E-state index in [0.29, 0.717) is 12.2 Å². The van der Waals surface area contributed by atoms with E-state index in [1.165, 1.54) is 12.1 Å². The summed E-state index contributed by atoms with van der Waals surface area (Å²) >= 11 is 0. The van der Waals surface area contributed by atoms with Crippen molar-refractivity contribution in [3.63, 3.8) is 0 Å². The van der Waals surface area contributed by atoms with Crippen molar-refractivity contribution in [2.75, 3.05) is 17.2 Å². The zero-order valence-corrected chi connectivity index (χ0v) is 13.4. The number of nitrogens with zero attached hydrogens (tertiary/aromatic N) is 1. The molecule has 0 saturated carbocycles. The minimum absolute atomic E-state index is 0.0178. The van der Waals surface area contributed by atoms with Crippen LogP contribution >= 0.6 is 0 Å². The molecule has 24 heavy (non-hydrogen) atoms. The van der Waals surface area contributed by atoms with Gasteiger partial charge < -0.3 is 10.6 Å². The summed E-state index contributed by atoms with van der Waals surface area (Å²) in [5.74, 6) is -1.11. The van der Waals surface area contributed by atoms with Gasteiger partial charge in [0.05, 0.1) is 23.1 Å². The third kappa shape index (κ3) is 3.45. The summed E-state index contributed by atoms with van der Waals surface area (Å²) in [6.07, 6.45) is 2.53. The van der Waals surface area contributed by atoms with Crippen LogP contribution in [0, 0.1) is 11.6 Å². The summed E-state index contributed by atoms with van der Waals surface area (Å²) in [7, 11) is 0. The molecule has 0 aliphatic rings.